The van der Waals surface area contributed by atoms with E-state index in [-0.39, 0.29) is 0 Å². The van der Waals surface area contributed by atoms with Crippen molar-refractivity contribution in [2.75, 3.05) is 11.6 Å². The zero-order valence-electron chi connectivity index (χ0n) is 10.3. The van der Waals surface area contributed by atoms with Crippen LogP contribution in [-0.2, 0) is 13.1 Å². The molecule has 0 unspecified atom stereocenters. The molecule has 0 spiro atoms. The number of rotatable bonds is 5. The molecule has 0 aliphatic carbocycles. The first-order valence-corrected chi connectivity index (χ1v) is 7.07. The average Bonchev–Trinajstić information content (AvgIpc) is 2.84. The molecule has 0 saturated heterocycles. The fourth-order valence-corrected chi connectivity index (χ4v) is 2.19. The highest BCUT2D eigenvalue weighted by Gasteiger charge is 1.97. The van der Waals surface area contributed by atoms with E-state index in [2.05, 4.69) is 65.8 Å². The highest BCUT2D eigenvalue weighted by molar-refractivity contribution is 7.98. The zero-order chi connectivity index (χ0) is 12.1. The van der Waals surface area contributed by atoms with E-state index in [9.17, 15) is 0 Å². The third-order valence-electron chi connectivity index (χ3n) is 2.74. The number of aromatic nitrogens is 1. The fourth-order valence-electron chi connectivity index (χ4n) is 1.73. The number of anilines is 1. The van der Waals surface area contributed by atoms with Crippen LogP contribution < -0.4 is 5.32 Å². The summed E-state index contributed by atoms with van der Waals surface area (Å²) < 4.78 is 2.19. The molecule has 1 heterocycles. The molecule has 90 valence electrons. The van der Waals surface area contributed by atoms with Gasteiger partial charge in [-0.2, -0.15) is 0 Å². The molecule has 2 rings (SSSR count). The van der Waals surface area contributed by atoms with Crippen LogP contribution in [0.2, 0.25) is 0 Å². The molecule has 0 aliphatic heterocycles. The lowest BCUT2D eigenvalue weighted by atomic mass is 10.3. The number of aryl methyl sites for hydroxylation is 1. The van der Waals surface area contributed by atoms with Crippen LogP contribution in [0.25, 0.3) is 0 Å². The van der Waals surface area contributed by atoms with Crippen LogP contribution in [0, 0.1) is 0 Å². The van der Waals surface area contributed by atoms with Crippen LogP contribution >= 0.6 is 11.8 Å². The van der Waals surface area contributed by atoms with E-state index in [4.69, 9.17) is 0 Å². The fraction of sp³-hybridized carbons (Fsp3) is 0.286. The van der Waals surface area contributed by atoms with Crippen molar-refractivity contribution in [3.05, 3.63) is 48.3 Å². The molecule has 0 aliphatic rings. The van der Waals surface area contributed by atoms with E-state index < -0.39 is 0 Å². The first kappa shape index (κ1) is 12.1. The van der Waals surface area contributed by atoms with Gasteiger partial charge in [0.05, 0.1) is 0 Å². The maximum atomic E-state index is 3.45. The summed E-state index contributed by atoms with van der Waals surface area (Å²) in [6, 6.07) is 10.7. The molecule has 1 N–H and O–H groups in total. The standard InChI is InChI=1S/C14H18N2S/c1-3-16-8-7-12(11-16)10-15-13-5-4-6-14(9-13)17-2/h4-9,11,15H,3,10H2,1-2H3. The van der Waals surface area contributed by atoms with Gasteiger partial charge in [-0.05, 0) is 43.0 Å². The highest BCUT2D eigenvalue weighted by atomic mass is 32.2. The Morgan fingerprint density at radius 1 is 1.29 bits per heavy atom. The lowest BCUT2D eigenvalue weighted by molar-refractivity contribution is 0.766. The number of hydrogen-bond acceptors (Lipinski definition) is 2. The highest BCUT2D eigenvalue weighted by Crippen LogP contribution is 2.19. The van der Waals surface area contributed by atoms with Gasteiger partial charge >= 0.3 is 0 Å². The Hall–Kier alpha value is -1.35. The van der Waals surface area contributed by atoms with Crippen molar-refractivity contribution in [3.63, 3.8) is 0 Å². The van der Waals surface area contributed by atoms with Crippen molar-refractivity contribution < 1.29 is 0 Å². The van der Waals surface area contributed by atoms with Gasteiger partial charge in [0, 0.05) is 36.1 Å². The minimum Gasteiger partial charge on any atom is -0.381 e. The Kier molecular flexibility index (Phi) is 4.15. The number of thioether (sulfide) groups is 1. The maximum Gasteiger partial charge on any atom is 0.0415 e. The largest absolute Gasteiger partial charge is 0.381 e. The Morgan fingerprint density at radius 2 is 2.18 bits per heavy atom. The summed E-state index contributed by atoms with van der Waals surface area (Å²) in [5.74, 6) is 0. The van der Waals surface area contributed by atoms with Crippen molar-refractivity contribution in [2.45, 2.75) is 24.9 Å². The van der Waals surface area contributed by atoms with E-state index in [1.165, 1.54) is 16.1 Å². The molecule has 3 heteroatoms. The van der Waals surface area contributed by atoms with Gasteiger partial charge < -0.3 is 9.88 Å². The van der Waals surface area contributed by atoms with Gasteiger partial charge in [-0.3, -0.25) is 0 Å². The first-order chi connectivity index (χ1) is 8.31. The maximum absolute atomic E-state index is 3.45. The SMILES string of the molecule is CCn1ccc(CNc2cccc(SC)c2)c1. The van der Waals surface area contributed by atoms with Crippen LogP contribution in [0.4, 0.5) is 5.69 Å². The zero-order valence-corrected chi connectivity index (χ0v) is 11.1. The average molecular weight is 246 g/mol. The second-order valence-corrected chi connectivity index (χ2v) is 4.82. The van der Waals surface area contributed by atoms with Crippen molar-refractivity contribution >= 4 is 17.4 Å². The second-order valence-electron chi connectivity index (χ2n) is 3.94. The van der Waals surface area contributed by atoms with Gasteiger partial charge in [-0.15, -0.1) is 11.8 Å². The summed E-state index contributed by atoms with van der Waals surface area (Å²) in [5.41, 5.74) is 2.50. The topological polar surface area (TPSA) is 17.0 Å². The Balaban J connectivity index is 1.96. The predicted octanol–water partition coefficient (Wildman–Crippen LogP) is 3.84. The van der Waals surface area contributed by atoms with Crippen LogP contribution in [-0.4, -0.2) is 10.8 Å². The Bertz CT molecular complexity index is 477. The molecule has 0 amide bonds. The van der Waals surface area contributed by atoms with Crippen LogP contribution in [0.15, 0.2) is 47.6 Å². The van der Waals surface area contributed by atoms with Gasteiger partial charge in [0.1, 0.15) is 0 Å². The Morgan fingerprint density at radius 3 is 2.88 bits per heavy atom. The summed E-state index contributed by atoms with van der Waals surface area (Å²) in [5, 5.41) is 3.45. The van der Waals surface area contributed by atoms with E-state index in [1.807, 2.05) is 0 Å². The molecule has 2 nitrogen and oxygen atoms in total. The normalized spacial score (nSPS) is 10.5. The third kappa shape index (κ3) is 3.30. The van der Waals surface area contributed by atoms with Gasteiger partial charge in [0.25, 0.3) is 0 Å². The molecule has 0 atom stereocenters. The second kappa shape index (κ2) is 5.82. The minimum absolute atomic E-state index is 0.880. The summed E-state index contributed by atoms with van der Waals surface area (Å²) in [6.07, 6.45) is 6.40. The molecular formula is C14H18N2S. The molecule has 1 aromatic carbocycles. The quantitative estimate of drug-likeness (QED) is 0.807. The van der Waals surface area contributed by atoms with Crippen molar-refractivity contribution in [1.29, 1.82) is 0 Å². The molecule has 17 heavy (non-hydrogen) atoms. The minimum atomic E-state index is 0.880. The van der Waals surface area contributed by atoms with E-state index >= 15 is 0 Å². The molecule has 0 saturated carbocycles. The number of nitrogens with one attached hydrogen (secondary N) is 1. The van der Waals surface area contributed by atoms with Gasteiger partial charge in [0.15, 0.2) is 0 Å². The third-order valence-corrected chi connectivity index (χ3v) is 3.47. The van der Waals surface area contributed by atoms with Crippen molar-refractivity contribution in [3.8, 4) is 0 Å². The lowest BCUT2D eigenvalue weighted by Gasteiger charge is -2.06. The Labute approximate surface area is 107 Å². The number of hydrogen-bond donors (Lipinski definition) is 1. The number of nitrogens with zero attached hydrogens (tertiary/aromatic N) is 1. The summed E-state index contributed by atoms with van der Waals surface area (Å²) in [6.45, 7) is 4.06. The monoisotopic (exact) mass is 246 g/mol. The van der Waals surface area contributed by atoms with Gasteiger partial charge in [0.2, 0.25) is 0 Å². The van der Waals surface area contributed by atoms with Gasteiger partial charge in [-0.25, -0.2) is 0 Å². The molecule has 2 aromatic rings. The van der Waals surface area contributed by atoms with Crippen molar-refractivity contribution in [1.82, 2.24) is 4.57 Å². The van der Waals surface area contributed by atoms with E-state index in [0.717, 1.165) is 13.1 Å². The molecule has 0 fully saturated rings. The first-order valence-electron chi connectivity index (χ1n) is 5.84. The summed E-state index contributed by atoms with van der Waals surface area (Å²) in [7, 11) is 0. The van der Waals surface area contributed by atoms with Crippen LogP contribution in [0.5, 0.6) is 0 Å². The smallest absolute Gasteiger partial charge is 0.0415 e. The lowest BCUT2D eigenvalue weighted by Crippen LogP contribution is -1.98. The van der Waals surface area contributed by atoms with E-state index in [0.29, 0.717) is 0 Å². The van der Waals surface area contributed by atoms with Crippen molar-refractivity contribution in [2.24, 2.45) is 0 Å². The molecular weight excluding hydrogens is 228 g/mol. The van der Waals surface area contributed by atoms with Crippen LogP contribution in [0.3, 0.4) is 0 Å². The predicted molar refractivity (Wildman–Crippen MR) is 75.7 cm³/mol. The molecule has 1 aromatic heterocycles. The molecule has 0 bridgehead atoms. The van der Waals surface area contributed by atoms with Gasteiger partial charge in [-0.1, -0.05) is 6.07 Å². The number of benzene rings is 1. The van der Waals surface area contributed by atoms with Crippen LogP contribution in [0.1, 0.15) is 12.5 Å². The molecule has 0 radical (unpaired) electrons. The van der Waals surface area contributed by atoms with E-state index in [1.54, 1.807) is 11.8 Å². The summed E-state index contributed by atoms with van der Waals surface area (Å²) >= 11 is 1.77. The summed E-state index contributed by atoms with van der Waals surface area (Å²) in [4.78, 5) is 1.29.